The van der Waals surface area contributed by atoms with Gasteiger partial charge < -0.3 is 14.4 Å². The predicted molar refractivity (Wildman–Crippen MR) is 105 cm³/mol. The van der Waals surface area contributed by atoms with Crippen LogP contribution in [-0.2, 0) is 11.2 Å². The number of carboxylic acids is 1. The third-order valence-corrected chi connectivity index (χ3v) is 5.88. The molecule has 1 aliphatic rings. The molecule has 0 unspecified atom stereocenters. The maximum atomic E-state index is 14.5. The molecule has 4 rings (SSSR count). The van der Waals surface area contributed by atoms with Crippen molar-refractivity contribution in [2.45, 2.75) is 26.3 Å². The van der Waals surface area contributed by atoms with E-state index in [9.17, 15) is 18.7 Å². The highest BCUT2D eigenvalue weighted by Gasteiger charge is 2.39. The monoisotopic (exact) mass is 465 g/mol. The Morgan fingerprint density at radius 3 is 2.76 bits per heavy atom. The maximum Gasteiger partial charge on any atom is 0.354 e. The molecule has 0 radical (unpaired) electrons. The van der Waals surface area contributed by atoms with Crippen LogP contribution in [0, 0.1) is 17.0 Å². The summed E-state index contributed by atoms with van der Waals surface area (Å²) < 4.78 is 36.1. The van der Waals surface area contributed by atoms with E-state index in [4.69, 9.17) is 4.74 Å². The lowest BCUT2D eigenvalue weighted by Crippen LogP contribution is -2.27. The molecule has 2 aromatic heterocycles. The van der Waals surface area contributed by atoms with Gasteiger partial charge >= 0.3 is 5.97 Å². The number of pyridine rings is 1. The highest BCUT2D eigenvalue weighted by atomic mass is 79.9. The van der Waals surface area contributed by atoms with Crippen molar-refractivity contribution in [2.24, 2.45) is 5.41 Å². The molecule has 9 heteroatoms. The molecule has 1 saturated heterocycles. The molecule has 0 amide bonds. The number of halogens is 3. The molecule has 3 heterocycles. The number of carboxylic acid groups (broad SMARTS) is 1. The standard InChI is InChI=1S/C20H18BrF2N3O3/c1-20(2)9-29-8-17(20)26-16-6-14(19(27)28)24-7-15(16)25-18(26)4-10-3-13(23)11(21)5-12(10)22/h3,5-7,17H,4,8-9H2,1-2H3,(H,27,28)/t17-/m1/s1. The van der Waals surface area contributed by atoms with Gasteiger partial charge in [-0.05, 0) is 39.7 Å². The van der Waals surface area contributed by atoms with Crippen LogP contribution in [0.4, 0.5) is 8.78 Å². The van der Waals surface area contributed by atoms with E-state index in [1.165, 1.54) is 12.3 Å². The van der Waals surface area contributed by atoms with Crippen LogP contribution in [-0.4, -0.2) is 38.8 Å². The average Bonchev–Trinajstić information content (AvgIpc) is 3.17. The van der Waals surface area contributed by atoms with E-state index < -0.39 is 17.6 Å². The van der Waals surface area contributed by atoms with E-state index in [1.54, 1.807) is 0 Å². The lowest BCUT2D eigenvalue weighted by atomic mass is 9.87. The van der Waals surface area contributed by atoms with Gasteiger partial charge in [0, 0.05) is 11.8 Å². The fourth-order valence-electron chi connectivity index (χ4n) is 3.69. The number of aromatic nitrogens is 3. The van der Waals surface area contributed by atoms with Crippen LogP contribution in [0.1, 0.15) is 41.8 Å². The number of fused-ring (bicyclic) bond motifs is 1. The van der Waals surface area contributed by atoms with Gasteiger partial charge in [-0.15, -0.1) is 0 Å². The number of benzene rings is 1. The van der Waals surface area contributed by atoms with E-state index in [0.29, 0.717) is 30.1 Å². The first-order chi connectivity index (χ1) is 13.7. The van der Waals surface area contributed by atoms with Gasteiger partial charge in [-0.25, -0.2) is 23.5 Å². The summed E-state index contributed by atoms with van der Waals surface area (Å²) in [6.07, 6.45) is 1.43. The zero-order valence-corrected chi connectivity index (χ0v) is 17.3. The number of imidazole rings is 1. The average molecular weight is 466 g/mol. The van der Waals surface area contributed by atoms with E-state index in [-0.39, 0.29) is 33.6 Å². The molecule has 1 N–H and O–H groups in total. The van der Waals surface area contributed by atoms with Crippen molar-refractivity contribution in [3.63, 3.8) is 0 Å². The second-order valence-corrected chi connectivity index (χ2v) is 8.67. The number of hydrogen-bond donors (Lipinski definition) is 1. The Labute approximate surface area is 173 Å². The normalized spacial score (nSPS) is 18.4. The Kier molecular flexibility index (Phi) is 4.90. The molecule has 29 heavy (non-hydrogen) atoms. The summed E-state index contributed by atoms with van der Waals surface area (Å²) >= 11 is 2.98. The van der Waals surface area contributed by atoms with Crippen molar-refractivity contribution < 1.29 is 23.4 Å². The van der Waals surface area contributed by atoms with Gasteiger partial charge in [0.1, 0.15) is 28.7 Å². The van der Waals surface area contributed by atoms with Crippen molar-refractivity contribution in [1.82, 2.24) is 14.5 Å². The Hall–Kier alpha value is -2.39. The van der Waals surface area contributed by atoms with Crippen LogP contribution in [0.2, 0.25) is 0 Å². The molecule has 0 saturated carbocycles. The zero-order chi connectivity index (χ0) is 20.9. The van der Waals surface area contributed by atoms with E-state index in [0.717, 1.165) is 12.1 Å². The second kappa shape index (κ2) is 7.14. The molecular weight excluding hydrogens is 448 g/mol. The van der Waals surface area contributed by atoms with Crippen LogP contribution in [0.15, 0.2) is 28.9 Å². The van der Waals surface area contributed by atoms with Crippen LogP contribution in [0.5, 0.6) is 0 Å². The first kappa shape index (κ1) is 19.9. The molecule has 1 atom stereocenters. The van der Waals surface area contributed by atoms with Crippen molar-refractivity contribution in [3.8, 4) is 0 Å². The third kappa shape index (κ3) is 3.53. The molecule has 0 aliphatic carbocycles. The zero-order valence-electron chi connectivity index (χ0n) is 15.7. The first-order valence-electron chi connectivity index (χ1n) is 8.98. The second-order valence-electron chi connectivity index (χ2n) is 7.82. The van der Waals surface area contributed by atoms with Gasteiger partial charge in [0.15, 0.2) is 0 Å². The fraction of sp³-hybridized carbons (Fsp3) is 0.350. The predicted octanol–water partition coefficient (Wildman–Crippen LogP) is 4.36. The van der Waals surface area contributed by atoms with Crippen LogP contribution < -0.4 is 0 Å². The Bertz CT molecular complexity index is 1130. The molecule has 6 nitrogen and oxygen atoms in total. The van der Waals surface area contributed by atoms with Crippen LogP contribution in [0.3, 0.4) is 0 Å². The Balaban J connectivity index is 1.90. The molecule has 0 spiro atoms. The summed E-state index contributed by atoms with van der Waals surface area (Å²) in [5.41, 5.74) is 0.867. The topological polar surface area (TPSA) is 77.2 Å². The Morgan fingerprint density at radius 2 is 2.10 bits per heavy atom. The van der Waals surface area contributed by atoms with E-state index >= 15 is 0 Å². The van der Waals surface area contributed by atoms with Gasteiger partial charge in [-0.2, -0.15) is 0 Å². The molecule has 0 bridgehead atoms. The largest absolute Gasteiger partial charge is 0.477 e. The molecule has 1 fully saturated rings. The molecule has 152 valence electrons. The number of rotatable bonds is 4. The van der Waals surface area contributed by atoms with Crippen molar-refractivity contribution in [2.75, 3.05) is 13.2 Å². The van der Waals surface area contributed by atoms with Crippen LogP contribution >= 0.6 is 15.9 Å². The summed E-state index contributed by atoms with van der Waals surface area (Å²) in [6.45, 7) is 5.02. The van der Waals surface area contributed by atoms with Crippen molar-refractivity contribution in [3.05, 3.63) is 57.6 Å². The number of hydrogen-bond acceptors (Lipinski definition) is 4. The molecular formula is C20H18BrF2N3O3. The smallest absolute Gasteiger partial charge is 0.354 e. The number of nitrogens with zero attached hydrogens (tertiary/aromatic N) is 3. The molecule has 1 aliphatic heterocycles. The summed E-state index contributed by atoms with van der Waals surface area (Å²) in [6, 6.07) is 3.54. The van der Waals surface area contributed by atoms with Gasteiger partial charge in [0.2, 0.25) is 0 Å². The van der Waals surface area contributed by atoms with Crippen molar-refractivity contribution in [1.29, 1.82) is 0 Å². The quantitative estimate of drug-likeness (QED) is 0.579. The van der Waals surface area contributed by atoms with Gasteiger partial charge in [0.25, 0.3) is 0 Å². The summed E-state index contributed by atoms with van der Waals surface area (Å²) in [7, 11) is 0. The highest BCUT2D eigenvalue weighted by molar-refractivity contribution is 9.10. The minimum absolute atomic E-state index is 0.0414. The SMILES string of the molecule is CC1(C)COC[C@H]1n1c(Cc2cc(F)c(Br)cc2F)nc2cnc(C(=O)O)cc21. The summed E-state index contributed by atoms with van der Waals surface area (Å²) in [5.74, 6) is -1.77. The number of ether oxygens (including phenoxy) is 1. The highest BCUT2D eigenvalue weighted by Crippen LogP contribution is 2.40. The summed E-state index contributed by atoms with van der Waals surface area (Å²) in [5, 5.41) is 9.33. The molecule has 1 aromatic carbocycles. The minimum Gasteiger partial charge on any atom is -0.477 e. The maximum absolute atomic E-state index is 14.5. The first-order valence-corrected chi connectivity index (χ1v) is 9.78. The van der Waals surface area contributed by atoms with Crippen LogP contribution in [0.25, 0.3) is 11.0 Å². The minimum atomic E-state index is -1.15. The van der Waals surface area contributed by atoms with E-state index in [2.05, 4.69) is 25.9 Å². The van der Waals surface area contributed by atoms with E-state index in [1.807, 2.05) is 18.4 Å². The lowest BCUT2D eigenvalue weighted by molar-refractivity contribution is 0.0690. The van der Waals surface area contributed by atoms with Gasteiger partial charge in [0.05, 0.1) is 35.4 Å². The summed E-state index contributed by atoms with van der Waals surface area (Å²) in [4.78, 5) is 19.9. The third-order valence-electron chi connectivity index (χ3n) is 5.27. The fourth-order valence-corrected chi connectivity index (χ4v) is 4.00. The lowest BCUT2D eigenvalue weighted by Gasteiger charge is -2.28. The van der Waals surface area contributed by atoms with Crippen molar-refractivity contribution >= 4 is 32.9 Å². The number of carbonyl (C=O) groups is 1. The number of aromatic carboxylic acids is 1. The van der Waals surface area contributed by atoms with Gasteiger partial charge in [-0.1, -0.05) is 13.8 Å². The molecule has 3 aromatic rings. The Morgan fingerprint density at radius 1 is 1.34 bits per heavy atom. The van der Waals surface area contributed by atoms with Gasteiger partial charge in [-0.3, -0.25) is 0 Å².